The van der Waals surface area contributed by atoms with Gasteiger partial charge in [0.15, 0.2) is 0 Å². The van der Waals surface area contributed by atoms with E-state index >= 15 is 0 Å². The van der Waals surface area contributed by atoms with Crippen LogP contribution in [0.2, 0.25) is 0 Å². The van der Waals surface area contributed by atoms with Gasteiger partial charge < -0.3 is 14.4 Å². The maximum atomic E-state index is 5.52. The normalized spacial score (nSPS) is 14.3. The number of halogens is 1. The molecule has 0 N–H and O–H groups in total. The highest BCUT2D eigenvalue weighted by molar-refractivity contribution is 9.10. The van der Waals surface area contributed by atoms with Crippen molar-refractivity contribution in [3.05, 3.63) is 35.1 Å². The molecule has 0 aliphatic carbocycles. The lowest BCUT2D eigenvalue weighted by atomic mass is 10.1. The Morgan fingerprint density at radius 3 is 2.52 bits per heavy atom. The molecule has 1 fully saturated rings. The minimum Gasteiger partial charge on any atom is -0.496 e. The van der Waals surface area contributed by atoms with Crippen LogP contribution in [0.5, 0.6) is 11.5 Å². The summed E-state index contributed by atoms with van der Waals surface area (Å²) >= 11 is 3.53. The summed E-state index contributed by atoms with van der Waals surface area (Å²) in [5, 5.41) is 0. The molecule has 1 aromatic carbocycles. The first-order valence-corrected chi connectivity index (χ1v) is 9.01. The zero-order chi connectivity index (χ0) is 17.4. The van der Waals surface area contributed by atoms with Crippen LogP contribution in [0.1, 0.15) is 12.8 Å². The summed E-state index contributed by atoms with van der Waals surface area (Å²) in [6.45, 7) is 2.13. The third-order valence-electron chi connectivity index (χ3n) is 4.49. The SMILES string of the molecule is COc1cc(OC)c(-c2cn3ccc(N4CCCC4)nc3n2)cc1Br. The van der Waals surface area contributed by atoms with Gasteiger partial charge in [0.2, 0.25) is 5.78 Å². The van der Waals surface area contributed by atoms with Crippen LogP contribution >= 0.6 is 15.9 Å². The minimum atomic E-state index is 0.688. The second-order valence-corrected chi connectivity index (χ2v) is 6.85. The number of hydrogen-bond acceptors (Lipinski definition) is 5. The largest absolute Gasteiger partial charge is 0.496 e. The van der Waals surface area contributed by atoms with Crippen LogP contribution in [0.15, 0.2) is 35.1 Å². The third-order valence-corrected chi connectivity index (χ3v) is 5.11. The van der Waals surface area contributed by atoms with Gasteiger partial charge in [-0.15, -0.1) is 0 Å². The molecular formula is C18H19BrN4O2. The first kappa shape index (κ1) is 16.2. The fourth-order valence-corrected chi connectivity index (χ4v) is 3.68. The second-order valence-electron chi connectivity index (χ2n) is 6.00. The van der Waals surface area contributed by atoms with E-state index in [1.807, 2.05) is 35.0 Å². The van der Waals surface area contributed by atoms with Crippen molar-refractivity contribution in [2.45, 2.75) is 12.8 Å². The maximum Gasteiger partial charge on any atom is 0.236 e. The van der Waals surface area contributed by atoms with Gasteiger partial charge in [-0.3, -0.25) is 4.40 Å². The number of benzene rings is 1. The summed E-state index contributed by atoms with van der Waals surface area (Å²) in [7, 11) is 3.28. The molecule has 7 heteroatoms. The van der Waals surface area contributed by atoms with Crippen LogP contribution in [0.3, 0.4) is 0 Å². The Kier molecular flexibility index (Phi) is 4.25. The van der Waals surface area contributed by atoms with E-state index in [0.29, 0.717) is 11.5 Å². The molecule has 6 nitrogen and oxygen atoms in total. The monoisotopic (exact) mass is 402 g/mol. The van der Waals surface area contributed by atoms with E-state index in [1.165, 1.54) is 12.8 Å². The van der Waals surface area contributed by atoms with Gasteiger partial charge in [0.25, 0.3) is 0 Å². The summed E-state index contributed by atoms with van der Waals surface area (Å²) < 4.78 is 13.7. The summed E-state index contributed by atoms with van der Waals surface area (Å²) in [5.74, 6) is 3.11. The van der Waals surface area contributed by atoms with Crippen molar-refractivity contribution < 1.29 is 9.47 Å². The Hall–Kier alpha value is -2.28. The summed E-state index contributed by atoms with van der Waals surface area (Å²) in [5.41, 5.74) is 1.70. The van der Waals surface area contributed by atoms with Crippen molar-refractivity contribution in [2.75, 3.05) is 32.2 Å². The van der Waals surface area contributed by atoms with Gasteiger partial charge in [-0.1, -0.05) is 0 Å². The number of imidazole rings is 1. The topological polar surface area (TPSA) is 51.9 Å². The summed E-state index contributed by atoms with van der Waals surface area (Å²) in [6.07, 6.45) is 6.43. The lowest BCUT2D eigenvalue weighted by molar-refractivity contribution is 0.393. The number of ether oxygens (including phenoxy) is 2. The molecule has 0 unspecified atom stereocenters. The smallest absolute Gasteiger partial charge is 0.236 e. The summed E-state index contributed by atoms with van der Waals surface area (Å²) in [6, 6.07) is 5.86. The van der Waals surface area contributed by atoms with E-state index in [4.69, 9.17) is 19.4 Å². The molecule has 1 saturated heterocycles. The Morgan fingerprint density at radius 2 is 1.80 bits per heavy atom. The first-order chi connectivity index (χ1) is 12.2. The quantitative estimate of drug-likeness (QED) is 0.664. The van der Waals surface area contributed by atoms with Crippen LogP contribution in [0, 0.1) is 0 Å². The van der Waals surface area contributed by atoms with Gasteiger partial charge in [0, 0.05) is 37.1 Å². The van der Waals surface area contributed by atoms with Crippen molar-refractivity contribution in [1.82, 2.24) is 14.4 Å². The number of anilines is 1. The lowest BCUT2D eigenvalue weighted by Crippen LogP contribution is -2.19. The average molecular weight is 403 g/mol. The number of fused-ring (bicyclic) bond motifs is 1. The van der Waals surface area contributed by atoms with Crippen LogP contribution in [0.4, 0.5) is 5.82 Å². The minimum absolute atomic E-state index is 0.688. The van der Waals surface area contributed by atoms with E-state index in [2.05, 4.69) is 20.8 Å². The van der Waals surface area contributed by atoms with Gasteiger partial charge in [0.05, 0.1) is 24.4 Å². The highest BCUT2D eigenvalue weighted by Crippen LogP contribution is 2.38. The predicted molar refractivity (Wildman–Crippen MR) is 101 cm³/mol. The lowest BCUT2D eigenvalue weighted by Gasteiger charge is -2.15. The van der Waals surface area contributed by atoms with Gasteiger partial charge in [-0.05, 0) is 40.9 Å². The molecule has 0 bridgehead atoms. The molecule has 0 amide bonds. The number of rotatable bonds is 4. The first-order valence-electron chi connectivity index (χ1n) is 8.22. The molecule has 4 rings (SSSR count). The molecule has 0 atom stereocenters. The number of aromatic nitrogens is 3. The van der Waals surface area contributed by atoms with E-state index in [1.54, 1.807) is 14.2 Å². The van der Waals surface area contributed by atoms with E-state index in [9.17, 15) is 0 Å². The maximum absolute atomic E-state index is 5.52. The van der Waals surface area contributed by atoms with Crippen LogP contribution in [0.25, 0.3) is 17.0 Å². The van der Waals surface area contributed by atoms with Crippen LogP contribution in [-0.4, -0.2) is 41.7 Å². The highest BCUT2D eigenvalue weighted by Gasteiger charge is 2.17. The molecule has 2 aromatic heterocycles. The van der Waals surface area contributed by atoms with Crippen molar-refractivity contribution >= 4 is 27.5 Å². The molecule has 0 saturated carbocycles. The predicted octanol–water partition coefficient (Wildman–Crippen LogP) is 3.78. The Bertz CT molecular complexity index is 919. The van der Waals surface area contributed by atoms with Gasteiger partial charge in [-0.2, -0.15) is 4.98 Å². The Morgan fingerprint density at radius 1 is 1.04 bits per heavy atom. The second kappa shape index (κ2) is 6.55. The standard InChI is InChI=1S/C18H19BrN4O2/c1-24-15-10-16(25-2)13(19)9-12(15)14-11-23-8-5-17(21-18(23)20-14)22-6-3-4-7-22/h5,8-11H,3-4,6-7H2,1-2H3. The fourth-order valence-electron chi connectivity index (χ4n) is 3.18. The molecule has 0 radical (unpaired) electrons. The van der Waals surface area contributed by atoms with Crippen LogP contribution in [-0.2, 0) is 0 Å². The molecular weight excluding hydrogens is 384 g/mol. The molecule has 25 heavy (non-hydrogen) atoms. The Balaban J connectivity index is 1.78. The Labute approximate surface area is 154 Å². The van der Waals surface area contributed by atoms with E-state index in [-0.39, 0.29) is 0 Å². The summed E-state index contributed by atoms with van der Waals surface area (Å²) in [4.78, 5) is 11.7. The molecule has 0 spiro atoms. The zero-order valence-electron chi connectivity index (χ0n) is 14.2. The number of nitrogens with zero attached hydrogens (tertiary/aromatic N) is 4. The fraction of sp³-hybridized carbons (Fsp3) is 0.333. The third kappa shape index (κ3) is 2.93. The average Bonchev–Trinajstić information content (AvgIpc) is 3.30. The van der Waals surface area contributed by atoms with Crippen molar-refractivity contribution in [2.24, 2.45) is 0 Å². The van der Waals surface area contributed by atoms with Crippen molar-refractivity contribution in [3.8, 4) is 22.8 Å². The molecule has 3 aromatic rings. The number of methoxy groups -OCH3 is 2. The molecule has 1 aliphatic heterocycles. The molecule has 3 heterocycles. The van der Waals surface area contributed by atoms with Crippen molar-refractivity contribution in [3.63, 3.8) is 0 Å². The van der Waals surface area contributed by atoms with Crippen LogP contribution < -0.4 is 14.4 Å². The van der Waals surface area contributed by atoms with Gasteiger partial charge in [0.1, 0.15) is 17.3 Å². The molecule has 1 aliphatic rings. The number of hydrogen-bond donors (Lipinski definition) is 0. The highest BCUT2D eigenvalue weighted by atomic mass is 79.9. The van der Waals surface area contributed by atoms with E-state index in [0.717, 1.165) is 40.4 Å². The zero-order valence-corrected chi connectivity index (χ0v) is 15.8. The molecule has 130 valence electrons. The van der Waals surface area contributed by atoms with E-state index < -0.39 is 0 Å². The van der Waals surface area contributed by atoms with Gasteiger partial charge >= 0.3 is 0 Å². The van der Waals surface area contributed by atoms with Gasteiger partial charge in [-0.25, -0.2) is 4.98 Å². The van der Waals surface area contributed by atoms with Crippen molar-refractivity contribution in [1.29, 1.82) is 0 Å².